The number of hydrogen-bond acceptors (Lipinski definition) is 3. The second kappa shape index (κ2) is 7.26. The minimum absolute atomic E-state index is 0.136. The molecular weight excluding hydrogens is 366 g/mol. The van der Waals surface area contributed by atoms with Gasteiger partial charge in [0, 0.05) is 11.0 Å². The van der Waals surface area contributed by atoms with Crippen molar-refractivity contribution in [3.05, 3.63) is 58.1 Å². The molecule has 0 amide bonds. The van der Waals surface area contributed by atoms with Crippen LogP contribution in [0.5, 0.6) is 5.75 Å². The molecule has 0 aliphatic heterocycles. The number of rotatable bonds is 6. The molecule has 0 aliphatic rings. The van der Waals surface area contributed by atoms with Crippen molar-refractivity contribution in [2.75, 3.05) is 6.61 Å². The van der Waals surface area contributed by atoms with E-state index in [-0.39, 0.29) is 11.4 Å². The van der Waals surface area contributed by atoms with E-state index in [2.05, 4.69) is 20.7 Å². The molecule has 2 aromatic carbocycles. The molecule has 1 N–H and O–H groups in total. The van der Waals surface area contributed by atoms with Crippen LogP contribution in [0.15, 0.2) is 51.8 Å². The van der Waals surface area contributed by atoms with E-state index in [0.29, 0.717) is 16.8 Å². The summed E-state index contributed by atoms with van der Waals surface area (Å²) in [7, 11) is -3.66. The third-order valence-electron chi connectivity index (χ3n) is 3.21. The van der Waals surface area contributed by atoms with E-state index in [4.69, 9.17) is 4.74 Å². The first-order valence-corrected chi connectivity index (χ1v) is 9.18. The standard InChI is InChI=1S/C16H18BrNO3S/c1-3-21-15-9-8-14(17)10-16(15)22(19,20)18-11-13-7-5-4-6-12(13)2/h4-10,18H,3,11H2,1-2H3. The van der Waals surface area contributed by atoms with Gasteiger partial charge < -0.3 is 4.74 Å². The lowest BCUT2D eigenvalue weighted by Gasteiger charge is -2.13. The van der Waals surface area contributed by atoms with Crippen LogP contribution in [0.4, 0.5) is 0 Å². The number of sulfonamides is 1. The third kappa shape index (κ3) is 4.09. The van der Waals surface area contributed by atoms with Crippen LogP contribution in [0, 0.1) is 6.92 Å². The monoisotopic (exact) mass is 383 g/mol. The molecule has 118 valence electrons. The van der Waals surface area contributed by atoms with Crippen molar-refractivity contribution < 1.29 is 13.2 Å². The molecule has 4 nitrogen and oxygen atoms in total. The van der Waals surface area contributed by atoms with E-state index in [1.54, 1.807) is 18.2 Å². The van der Waals surface area contributed by atoms with Crippen molar-refractivity contribution in [3.8, 4) is 5.75 Å². The molecule has 0 saturated heterocycles. The van der Waals surface area contributed by atoms with Crippen molar-refractivity contribution in [1.82, 2.24) is 4.72 Å². The molecule has 0 saturated carbocycles. The minimum atomic E-state index is -3.66. The van der Waals surface area contributed by atoms with Crippen LogP contribution in [-0.2, 0) is 16.6 Å². The first-order chi connectivity index (χ1) is 10.4. The fourth-order valence-electron chi connectivity index (χ4n) is 2.03. The Hall–Kier alpha value is -1.37. The molecule has 0 bridgehead atoms. The number of halogens is 1. The first-order valence-electron chi connectivity index (χ1n) is 6.90. The summed E-state index contributed by atoms with van der Waals surface area (Å²) in [4.78, 5) is 0.136. The molecule has 0 spiro atoms. The Morgan fingerprint density at radius 1 is 1.18 bits per heavy atom. The molecule has 0 atom stereocenters. The van der Waals surface area contributed by atoms with Gasteiger partial charge in [0.15, 0.2) is 0 Å². The Kier molecular flexibility index (Phi) is 5.61. The van der Waals surface area contributed by atoms with E-state index in [9.17, 15) is 8.42 Å². The summed E-state index contributed by atoms with van der Waals surface area (Å²) in [5.41, 5.74) is 1.99. The number of aryl methyl sites for hydroxylation is 1. The lowest BCUT2D eigenvalue weighted by molar-refractivity contribution is 0.331. The van der Waals surface area contributed by atoms with E-state index in [1.807, 2.05) is 38.1 Å². The molecule has 0 aliphatic carbocycles. The van der Waals surface area contributed by atoms with Crippen molar-refractivity contribution >= 4 is 26.0 Å². The molecule has 6 heteroatoms. The quantitative estimate of drug-likeness (QED) is 0.828. The average Bonchev–Trinajstić information content (AvgIpc) is 2.48. The van der Waals surface area contributed by atoms with Gasteiger partial charge in [-0.1, -0.05) is 40.2 Å². The Morgan fingerprint density at radius 3 is 2.59 bits per heavy atom. The molecule has 2 rings (SSSR count). The molecule has 0 aromatic heterocycles. The highest BCUT2D eigenvalue weighted by atomic mass is 79.9. The number of hydrogen-bond donors (Lipinski definition) is 1. The maximum absolute atomic E-state index is 12.6. The zero-order valence-electron chi connectivity index (χ0n) is 12.5. The highest BCUT2D eigenvalue weighted by Gasteiger charge is 2.20. The van der Waals surface area contributed by atoms with Crippen LogP contribution in [0.25, 0.3) is 0 Å². The lowest BCUT2D eigenvalue weighted by atomic mass is 10.1. The fourth-order valence-corrected chi connectivity index (χ4v) is 3.71. The van der Waals surface area contributed by atoms with Crippen molar-refractivity contribution in [1.29, 1.82) is 0 Å². The summed E-state index contributed by atoms with van der Waals surface area (Å²) in [6.07, 6.45) is 0. The van der Waals surface area contributed by atoms with E-state index < -0.39 is 10.0 Å². The average molecular weight is 384 g/mol. The highest BCUT2D eigenvalue weighted by Crippen LogP contribution is 2.27. The Bertz CT molecular complexity index is 760. The molecule has 0 unspecified atom stereocenters. The van der Waals surface area contributed by atoms with Gasteiger partial charge in [0.05, 0.1) is 6.61 Å². The molecule has 2 aromatic rings. The maximum Gasteiger partial charge on any atom is 0.244 e. The van der Waals surface area contributed by atoms with Crippen molar-refractivity contribution in [2.45, 2.75) is 25.3 Å². The highest BCUT2D eigenvalue weighted by molar-refractivity contribution is 9.10. The first kappa shape index (κ1) is 17.0. The molecular formula is C16H18BrNO3S. The van der Waals surface area contributed by atoms with E-state index in [0.717, 1.165) is 11.1 Å². The minimum Gasteiger partial charge on any atom is -0.492 e. The predicted octanol–water partition coefficient (Wildman–Crippen LogP) is 3.63. The van der Waals surface area contributed by atoms with Crippen LogP contribution in [-0.4, -0.2) is 15.0 Å². The van der Waals surface area contributed by atoms with Gasteiger partial charge in [0.25, 0.3) is 0 Å². The van der Waals surface area contributed by atoms with Gasteiger partial charge in [-0.25, -0.2) is 13.1 Å². The van der Waals surface area contributed by atoms with Gasteiger partial charge in [0.1, 0.15) is 10.6 Å². The van der Waals surface area contributed by atoms with Crippen LogP contribution in [0.1, 0.15) is 18.1 Å². The normalized spacial score (nSPS) is 11.4. The van der Waals surface area contributed by atoms with Gasteiger partial charge >= 0.3 is 0 Å². The fraction of sp³-hybridized carbons (Fsp3) is 0.250. The van der Waals surface area contributed by atoms with Crippen LogP contribution < -0.4 is 9.46 Å². The summed E-state index contributed by atoms with van der Waals surface area (Å²) in [6, 6.07) is 12.6. The van der Waals surface area contributed by atoms with E-state index in [1.165, 1.54) is 0 Å². The largest absolute Gasteiger partial charge is 0.492 e. The third-order valence-corrected chi connectivity index (χ3v) is 5.12. The Balaban J connectivity index is 2.27. The molecule has 0 radical (unpaired) electrons. The van der Waals surface area contributed by atoms with Gasteiger partial charge in [0.2, 0.25) is 10.0 Å². The number of nitrogens with one attached hydrogen (secondary N) is 1. The zero-order chi connectivity index (χ0) is 16.2. The summed E-state index contributed by atoms with van der Waals surface area (Å²) in [5, 5.41) is 0. The van der Waals surface area contributed by atoms with Crippen LogP contribution in [0.3, 0.4) is 0 Å². The second-order valence-electron chi connectivity index (χ2n) is 4.78. The number of benzene rings is 2. The molecule has 0 heterocycles. The van der Waals surface area contributed by atoms with Gasteiger partial charge in [-0.3, -0.25) is 0 Å². The SMILES string of the molecule is CCOc1ccc(Br)cc1S(=O)(=O)NCc1ccccc1C. The van der Waals surface area contributed by atoms with Crippen molar-refractivity contribution in [3.63, 3.8) is 0 Å². The summed E-state index contributed by atoms with van der Waals surface area (Å²) < 4.78 is 33.8. The van der Waals surface area contributed by atoms with Gasteiger partial charge in [-0.2, -0.15) is 0 Å². The summed E-state index contributed by atoms with van der Waals surface area (Å²) >= 11 is 3.30. The van der Waals surface area contributed by atoms with E-state index >= 15 is 0 Å². The van der Waals surface area contributed by atoms with Crippen LogP contribution >= 0.6 is 15.9 Å². The topological polar surface area (TPSA) is 55.4 Å². The lowest BCUT2D eigenvalue weighted by Crippen LogP contribution is -2.24. The van der Waals surface area contributed by atoms with Gasteiger partial charge in [-0.05, 0) is 43.2 Å². The Morgan fingerprint density at radius 2 is 1.91 bits per heavy atom. The summed E-state index contributed by atoms with van der Waals surface area (Å²) in [5.74, 6) is 0.350. The maximum atomic E-state index is 12.6. The predicted molar refractivity (Wildman–Crippen MR) is 90.5 cm³/mol. The smallest absolute Gasteiger partial charge is 0.244 e. The van der Waals surface area contributed by atoms with Crippen molar-refractivity contribution in [2.24, 2.45) is 0 Å². The second-order valence-corrected chi connectivity index (χ2v) is 7.43. The molecule has 22 heavy (non-hydrogen) atoms. The van der Waals surface area contributed by atoms with Crippen LogP contribution in [0.2, 0.25) is 0 Å². The number of ether oxygens (including phenoxy) is 1. The Labute approximate surface area is 139 Å². The van der Waals surface area contributed by atoms with Gasteiger partial charge in [-0.15, -0.1) is 0 Å². The zero-order valence-corrected chi connectivity index (χ0v) is 14.9. The summed E-state index contributed by atoms with van der Waals surface area (Å²) in [6.45, 7) is 4.42. The molecule has 0 fully saturated rings.